The van der Waals surface area contributed by atoms with E-state index in [1.54, 1.807) is 31.4 Å². The molecule has 2 aromatic carbocycles. The smallest absolute Gasteiger partial charge is 0.265 e. The summed E-state index contributed by atoms with van der Waals surface area (Å²) in [7, 11) is 1.58. The van der Waals surface area contributed by atoms with Gasteiger partial charge < -0.3 is 10.1 Å². The van der Waals surface area contributed by atoms with Crippen LogP contribution in [0, 0.1) is 0 Å². The number of nitrogens with one attached hydrogen (secondary N) is 1. The summed E-state index contributed by atoms with van der Waals surface area (Å²) < 4.78 is 6.67. The van der Waals surface area contributed by atoms with Crippen LogP contribution in [0.2, 0.25) is 0 Å². The third-order valence-corrected chi connectivity index (χ3v) is 4.27. The van der Waals surface area contributed by atoms with Gasteiger partial charge in [-0.2, -0.15) is 0 Å². The zero-order chi connectivity index (χ0) is 17.4. The van der Waals surface area contributed by atoms with Crippen molar-refractivity contribution in [2.24, 2.45) is 0 Å². The summed E-state index contributed by atoms with van der Waals surface area (Å²) in [5.41, 5.74) is 1.51. The molecule has 0 atom stereocenters. The van der Waals surface area contributed by atoms with E-state index in [1.807, 2.05) is 18.2 Å². The summed E-state index contributed by atoms with van der Waals surface area (Å²) in [4.78, 5) is 29.3. The quantitative estimate of drug-likeness (QED) is 0.794. The van der Waals surface area contributed by atoms with Crippen LogP contribution in [0.4, 0.5) is 0 Å². The standard InChI is InChI=1S/C19H17N3O3/c1-25-15-4-2-3-14(10-15)22-11-20-17-9-12(5-8-16(17)19(22)24)18(23)21-13-6-7-13/h2-5,8-11,13H,6-7H2,1H3,(H,21,23). The van der Waals surface area contributed by atoms with Crippen LogP contribution in [0.5, 0.6) is 5.75 Å². The summed E-state index contributed by atoms with van der Waals surface area (Å²) in [6, 6.07) is 12.5. The average molecular weight is 335 g/mol. The number of rotatable bonds is 4. The number of nitrogens with zero attached hydrogens (tertiary/aromatic N) is 2. The molecular formula is C19H17N3O3. The third-order valence-electron chi connectivity index (χ3n) is 4.27. The number of fused-ring (bicyclic) bond motifs is 1. The van der Waals surface area contributed by atoms with E-state index in [-0.39, 0.29) is 17.5 Å². The van der Waals surface area contributed by atoms with Crippen molar-refractivity contribution in [2.75, 3.05) is 7.11 Å². The maximum atomic E-state index is 12.8. The Bertz CT molecular complexity index is 1020. The molecule has 0 spiro atoms. The van der Waals surface area contributed by atoms with Crippen molar-refractivity contribution in [3.8, 4) is 11.4 Å². The van der Waals surface area contributed by atoms with Gasteiger partial charge in [0.1, 0.15) is 12.1 Å². The normalized spacial score (nSPS) is 13.6. The predicted octanol–water partition coefficient (Wildman–Crippen LogP) is 2.29. The lowest BCUT2D eigenvalue weighted by molar-refractivity contribution is 0.0951. The van der Waals surface area contributed by atoms with Crippen molar-refractivity contribution in [1.29, 1.82) is 0 Å². The molecule has 6 heteroatoms. The van der Waals surface area contributed by atoms with Crippen molar-refractivity contribution in [1.82, 2.24) is 14.9 Å². The highest BCUT2D eigenvalue weighted by Gasteiger charge is 2.24. The second-order valence-corrected chi connectivity index (χ2v) is 6.10. The molecule has 1 fully saturated rings. The molecule has 3 aromatic rings. The fraction of sp³-hybridized carbons (Fsp3) is 0.211. The minimum atomic E-state index is -0.188. The SMILES string of the molecule is COc1cccc(-n2cnc3cc(C(=O)NC4CC4)ccc3c2=O)c1. The molecule has 1 heterocycles. The summed E-state index contributed by atoms with van der Waals surface area (Å²) in [5, 5.41) is 3.40. The lowest BCUT2D eigenvalue weighted by Crippen LogP contribution is -2.25. The molecule has 0 unspecified atom stereocenters. The van der Waals surface area contributed by atoms with E-state index in [4.69, 9.17) is 4.74 Å². The highest BCUT2D eigenvalue weighted by Crippen LogP contribution is 2.20. The second kappa shape index (κ2) is 6.05. The van der Waals surface area contributed by atoms with E-state index in [1.165, 1.54) is 10.9 Å². The van der Waals surface area contributed by atoms with Crippen molar-refractivity contribution < 1.29 is 9.53 Å². The first-order chi connectivity index (χ1) is 12.2. The lowest BCUT2D eigenvalue weighted by Gasteiger charge is -2.09. The van der Waals surface area contributed by atoms with Crippen molar-refractivity contribution in [3.63, 3.8) is 0 Å². The number of amides is 1. The van der Waals surface area contributed by atoms with Crippen molar-refractivity contribution >= 4 is 16.8 Å². The number of ether oxygens (including phenoxy) is 1. The lowest BCUT2D eigenvalue weighted by atomic mass is 10.1. The largest absolute Gasteiger partial charge is 0.497 e. The average Bonchev–Trinajstić information content (AvgIpc) is 3.45. The Kier molecular flexibility index (Phi) is 3.72. The molecule has 0 radical (unpaired) electrons. The van der Waals surface area contributed by atoms with Crippen LogP contribution in [-0.4, -0.2) is 28.6 Å². The fourth-order valence-electron chi connectivity index (χ4n) is 2.70. The van der Waals surface area contributed by atoms with Gasteiger partial charge in [0, 0.05) is 17.7 Å². The Labute approximate surface area is 144 Å². The molecule has 1 aliphatic carbocycles. The first-order valence-electron chi connectivity index (χ1n) is 8.12. The molecule has 1 amide bonds. The summed E-state index contributed by atoms with van der Waals surface area (Å²) >= 11 is 0. The van der Waals surface area contributed by atoms with Crippen LogP contribution in [-0.2, 0) is 0 Å². The summed E-state index contributed by atoms with van der Waals surface area (Å²) in [6.07, 6.45) is 3.54. The monoisotopic (exact) mass is 335 g/mol. The fourth-order valence-corrected chi connectivity index (χ4v) is 2.70. The van der Waals surface area contributed by atoms with Gasteiger partial charge in [-0.15, -0.1) is 0 Å². The molecule has 126 valence electrons. The van der Waals surface area contributed by atoms with Gasteiger partial charge in [0.25, 0.3) is 11.5 Å². The van der Waals surface area contributed by atoms with Gasteiger partial charge in [-0.05, 0) is 43.2 Å². The van der Waals surface area contributed by atoms with Crippen LogP contribution in [0.3, 0.4) is 0 Å². The van der Waals surface area contributed by atoms with E-state index < -0.39 is 0 Å². The maximum absolute atomic E-state index is 12.8. The third kappa shape index (κ3) is 2.98. The molecule has 0 saturated heterocycles. The highest BCUT2D eigenvalue weighted by molar-refractivity contribution is 5.97. The van der Waals surface area contributed by atoms with Gasteiger partial charge in [-0.3, -0.25) is 14.2 Å². The van der Waals surface area contributed by atoms with E-state index in [0.29, 0.717) is 27.9 Å². The number of carbonyl (C=O) groups is 1. The zero-order valence-corrected chi connectivity index (χ0v) is 13.7. The Morgan fingerprint density at radius 1 is 1.24 bits per heavy atom. The van der Waals surface area contributed by atoms with E-state index >= 15 is 0 Å². The number of hydrogen-bond acceptors (Lipinski definition) is 4. The highest BCUT2D eigenvalue weighted by atomic mass is 16.5. The van der Waals surface area contributed by atoms with Gasteiger partial charge >= 0.3 is 0 Å². The molecule has 1 N–H and O–H groups in total. The van der Waals surface area contributed by atoms with Crippen LogP contribution >= 0.6 is 0 Å². The predicted molar refractivity (Wildman–Crippen MR) is 94.4 cm³/mol. The minimum Gasteiger partial charge on any atom is -0.497 e. The Balaban J connectivity index is 1.75. The Morgan fingerprint density at radius 3 is 2.84 bits per heavy atom. The Hall–Kier alpha value is -3.15. The summed E-state index contributed by atoms with van der Waals surface area (Å²) in [5.74, 6) is 0.541. The van der Waals surface area contributed by atoms with Crippen LogP contribution in [0.15, 0.2) is 53.6 Å². The number of methoxy groups -OCH3 is 1. The number of benzene rings is 2. The van der Waals surface area contributed by atoms with E-state index in [2.05, 4.69) is 10.3 Å². The molecule has 25 heavy (non-hydrogen) atoms. The number of aromatic nitrogens is 2. The van der Waals surface area contributed by atoms with Crippen molar-refractivity contribution in [3.05, 3.63) is 64.7 Å². The van der Waals surface area contributed by atoms with Crippen LogP contribution < -0.4 is 15.6 Å². The topological polar surface area (TPSA) is 73.2 Å². The molecule has 6 nitrogen and oxygen atoms in total. The molecular weight excluding hydrogens is 318 g/mol. The van der Waals surface area contributed by atoms with Crippen LogP contribution in [0.1, 0.15) is 23.2 Å². The number of carbonyl (C=O) groups excluding carboxylic acids is 1. The van der Waals surface area contributed by atoms with Crippen molar-refractivity contribution in [2.45, 2.75) is 18.9 Å². The minimum absolute atomic E-state index is 0.122. The zero-order valence-electron chi connectivity index (χ0n) is 13.7. The van der Waals surface area contributed by atoms with Gasteiger partial charge in [-0.1, -0.05) is 6.07 Å². The summed E-state index contributed by atoms with van der Waals surface area (Å²) in [6.45, 7) is 0. The van der Waals surface area contributed by atoms with E-state index in [0.717, 1.165) is 12.8 Å². The Morgan fingerprint density at radius 2 is 2.08 bits per heavy atom. The molecule has 1 saturated carbocycles. The van der Waals surface area contributed by atoms with E-state index in [9.17, 15) is 9.59 Å². The molecule has 0 aliphatic heterocycles. The molecule has 0 bridgehead atoms. The number of hydrogen-bond donors (Lipinski definition) is 1. The van der Waals surface area contributed by atoms with Gasteiger partial charge in [0.2, 0.25) is 0 Å². The van der Waals surface area contributed by atoms with Crippen LogP contribution in [0.25, 0.3) is 16.6 Å². The van der Waals surface area contributed by atoms with Gasteiger partial charge in [0.15, 0.2) is 0 Å². The second-order valence-electron chi connectivity index (χ2n) is 6.10. The molecule has 4 rings (SSSR count). The van der Waals surface area contributed by atoms with Gasteiger partial charge in [-0.25, -0.2) is 4.98 Å². The maximum Gasteiger partial charge on any atom is 0.265 e. The molecule has 1 aromatic heterocycles. The van der Waals surface area contributed by atoms with Gasteiger partial charge in [0.05, 0.1) is 23.7 Å². The first kappa shape index (κ1) is 15.4. The first-order valence-corrected chi connectivity index (χ1v) is 8.12. The molecule has 1 aliphatic rings.